The summed E-state index contributed by atoms with van der Waals surface area (Å²) < 4.78 is 1.87. The highest BCUT2D eigenvalue weighted by molar-refractivity contribution is 6.04. The first-order chi connectivity index (χ1) is 13.5. The summed E-state index contributed by atoms with van der Waals surface area (Å²) in [6.45, 7) is 9.19. The molecule has 0 saturated heterocycles. The zero-order valence-electron chi connectivity index (χ0n) is 16.8. The third kappa shape index (κ3) is 5.30. The van der Waals surface area contributed by atoms with E-state index in [4.69, 9.17) is 0 Å². The minimum absolute atomic E-state index is 0.0948. The molecule has 0 aliphatic heterocycles. The Morgan fingerprint density at radius 2 is 1.75 bits per heavy atom. The van der Waals surface area contributed by atoms with E-state index < -0.39 is 0 Å². The molecule has 0 fully saturated rings. The van der Waals surface area contributed by atoms with Gasteiger partial charge in [-0.3, -0.25) is 14.4 Å². The van der Waals surface area contributed by atoms with E-state index in [2.05, 4.69) is 36.1 Å². The fourth-order valence-corrected chi connectivity index (χ4v) is 3.13. The molecule has 0 spiro atoms. The summed E-state index contributed by atoms with van der Waals surface area (Å²) in [5.74, 6) is -0.0948. The summed E-state index contributed by atoms with van der Waals surface area (Å²) in [6.07, 6.45) is 3.70. The predicted octanol–water partition coefficient (Wildman–Crippen LogP) is 4.41. The zero-order valence-corrected chi connectivity index (χ0v) is 16.8. The van der Waals surface area contributed by atoms with Crippen LogP contribution in [-0.4, -0.2) is 33.2 Å². The van der Waals surface area contributed by atoms with Crippen molar-refractivity contribution in [2.75, 3.05) is 11.9 Å². The van der Waals surface area contributed by atoms with E-state index in [1.807, 2.05) is 65.5 Å². The molecule has 3 aromatic rings. The van der Waals surface area contributed by atoms with E-state index in [1.54, 1.807) is 6.20 Å². The van der Waals surface area contributed by atoms with Gasteiger partial charge in [0.15, 0.2) is 0 Å². The van der Waals surface area contributed by atoms with E-state index in [0.29, 0.717) is 18.2 Å². The number of nitrogens with zero attached hydrogens (tertiary/aromatic N) is 3. The van der Waals surface area contributed by atoms with Gasteiger partial charge in [0.05, 0.1) is 6.54 Å². The molecular weight excluding hydrogens is 348 g/mol. The highest BCUT2D eigenvalue weighted by atomic mass is 16.1. The molecular formula is C23H28N4O. The highest BCUT2D eigenvalue weighted by Crippen LogP contribution is 2.14. The average molecular weight is 377 g/mol. The van der Waals surface area contributed by atoms with Gasteiger partial charge in [0.1, 0.15) is 0 Å². The normalized spacial score (nSPS) is 11.2. The number of benzene rings is 2. The maximum absolute atomic E-state index is 12.5. The lowest BCUT2D eigenvalue weighted by atomic mass is 10.1. The molecule has 1 aromatic heterocycles. The van der Waals surface area contributed by atoms with Crippen molar-refractivity contribution in [3.05, 3.63) is 83.7 Å². The number of hydrogen-bond donors (Lipinski definition) is 1. The number of carbonyl (C=O) groups excluding carboxylic acids is 1. The van der Waals surface area contributed by atoms with Crippen LogP contribution in [-0.2, 0) is 13.1 Å². The Morgan fingerprint density at radius 1 is 1.07 bits per heavy atom. The minimum atomic E-state index is -0.0948. The van der Waals surface area contributed by atoms with E-state index in [-0.39, 0.29) is 5.91 Å². The molecule has 5 nitrogen and oxygen atoms in total. The van der Waals surface area contributed by atoms with Crippen LogP contribution in [0.1, 0.15) is 42.3 Å². The number of amides is 1. The maximum Gasteiger partial charge on any atom is 0.255 e. The number of rotatable bonds is 8. The molecule has 1 N–H and O–H groups in total. The first-order valence-corrected chi connectivity index (χ1v) is 9.76. The number of hydrogen-bond acceptors (Lipinski definition) is 3. The van der Waals surface area contributed by atoms with Gasteiger partial charge in [0.25, 0.3) is 5.91 Å². The fourth-order valence-electron chi connectivity index (χ4n) is 3.13. The van der Waals surface area contributed by atoms with E-state index in [0.717, 1.165) is 24.3 Å². The third-order valence-corrected chi connectivity index (χ3v) is 4.85. The van der Waals surface area contributed by atoms with Gasteiger partial charge in [-0.25, -0.2) is 0 Å². The summed E-state index contributed by atoms with van der Waals surface area (Å²) in [6, 6.07) is 18.1. The van der Waals surface area contributed by atoms with Gasteiger partial charge < -0.3 is 5.32 Å². The van der Waals surface area contributed by atoms with Gasteiger partial charge in [-0.15, -0.1) is 0 Å². The second-order valence-electron chi connectivity index (χ2n) is 7.21. The Balaban J connectivity index is 1.58. The minimum Gasteiger partial charge on any atom is -0.322 e. The number of nitrogens with one attached hydrogen (secondary N) is 1. The van der Waals surface area contributed by atoms with Crippen molar-refractivity contribution < 1.29 is 4.79 Å². The average Bonchev–Trinajstić information content (AvgIpc) is 3.21. The van der Waals surface area contributed by atoms with Crippen LogP contribution in [0.3, 0.4) is 0 Å². The molecule has 146 valence electrons. The number of carbonyl (C=O) groups is 1. The van der Waals surface area contributed by atoms with Crippen LogP contribution in [0.5, 0.6) is 0 Å². The van der Waals surface area contributed by atoms with Crippen molar-refractivity contribution in [2.24, 2.45) is 0 Å². The van der Waals surface area contributed by atoms with Crippen LogP contribution in [0, 0.1) is 0 Å². The fraction of sp³-hybridized carbons (Fsp3) is 0.304. The lowest BCUT2D eigenvalue weighted by Gasteiger charge is -2.24. The molecule has 0 radical (unpaired) electrons. The summed E-state index contributed by atoms with van der Waals surface area (Å²) in [5, 5.41) is 7.17. The van der Waals surface area contributed by atoms with Crippen molar-refractivity contribution in [1.82, 2.24) is 14.7 Å². The second-order valence-corrected chi connectivity index (χ2v) is 7.21. The molecule has 2 aromatic carbocycles. The Kier molecular flexibility index (Phi) is 6.61. The molecule has 28 heavy (non-hydrogen) atoms. The van der Waals surface area contributed by atoms with Gasteiger partial charge in [0.2, 0.25) is 0 Å². The summed E-state index contributed by atoms with van der Waals surface area (Å²) >= 11 is 0. The van der Waals surface area contributed by atoms with E-state index in [9.17, 15) is 4.79 Å². The van der Waals surface area contributed by atoms with Crippen molar-refractivity contribution in [3.8, 4) is 0 Å². The standard InChI is InChI=1S/C23H28N4O/c1-4-26(18(2)3)16-19-6-10-21(11-7-19)23(28)25-22-12-8-20(9-13-22)17-27-15-5-14-24-27/h5-15,18H,4,16-17H2,1-3H3,(H,25,28). The van der Waals surface area contributed by atoms with Crippen molar-refractivity contribution >= 4 is 11.6 Å². The molecule has 0 aliphatic carbocycles. The van der Waals surface area contributed by atoms with Crippen LogP contribution in [0.15, 0.2) is 67.0 Å². The monoisotopic (exact) mass is 376 g/mol. The van der Waals surface area contributed by atoms with Gasteiger partial charge in [0, 0.05) is 36.2 Å². The van der Waals surface area contributed by atoms with Gasteiger partial charge in [-0.2, -0.15) is 5.10 Å². The summed E-state index contributed by atoms with van der Waals surface area (Å²) in [7, 11) is 0. The van der Waals surface area contributed by atoms with Crippen molar-refractivity contribution in [1.29, 1.82) is 0 Å². The largest absolute Gasteiger partial charge is 0.322 e. The molecule has 0 unspecified atom stereocenters. The smallest absolute Gasteiger partial charge is 0.255 e. The van der Waals surface area contributed by atoms with Crippen molar-refractivity contribution in [2.45, 2.75) is 39.9 Å². The first-order valence-electron chi connectivity index (χ1n) is 9.76. The van der Waals surface area contributed by atoms with E-state index >= 15 is 0 Å². The number of aromatic nitrogens is 2. The Bertz CT molecular complexity index is 868. The molecule has 5 heteroatoms. The quantitative estimate of drug-likeness (QED) is 0.633. The molecule has 0 saturated carbocycles. The summed E-state index contributed by atoms with van der Waals surface area (Å²) in [4.78, 5) is 14.9. The Morgan fingerprint density at radius 3 is 2.32 bits per heavy atom. The lowest BCUT2D eigenvalue weighted by Crippen LogP contribution is -2.29. The summed E-state index contributed by atoms with van der Waals surface area (Å²) in [5.41, 5.74) is 3.80. The van der Waals surface area contributed by atoms with E-state index in [1.165, 1.54) is 5.56 Å². The van der Waals surface area contributed by atoms with Crippen LogP contribution in [0.25, 0.3) is 0 Å². The molecule has 0 bridgehead atoms. The Hall–Kier alpha value is -2.92. The topological polar surface area (TPSA) is 50.2 Å². The first kappa shape index (κ1) is 19.8. The van der Waals surface area contributed by atoms with Gasteiger partial charge in [-0.1, -0.05) is 31.2 Å². The van der Waals surface area contributed by atoms with Crippen LogP contribution in [0.4, 0.5) is 5.69 Å². The SMILES string of the molecule is CCN(Cc1ccc(C(=O)Nc2ccc(Cn3cccn3)cc2)cc1)C(C)C. The second kappa shape index (κ2) is 9.33. The van der Waals surface area contributed by atoms with Crippen LogP contribution in [0.2, 0.25) is 0 Å². The third-order valence-electron chi connectivity index (χ3n) is 4.85. The van der Waals surface area contributed by atoms with Crippen molar-refractivity contribution in [3.63, 3.8) is 0 Å². The number of anilines is 1. The van der Waals surface area contributed by atoms with Gasteiger partial charge in [-0.05, 0) is 61.9 Å². The molecule has 3 rings (SSSR count). The van der Waals surface area contributed by atoms with Gasteiger partial charge >= 0.3 is 0 Å². The highest BCUT2D eigenvalue weighted by Gasteiger charge is 2.10. The predicted molar refractivity (Wildman–Crippen MR) is 113 cm³/mol. The zero-order chi connectivity index (χ0) is 19.9. The Labute approximate surface area is 167 Å². The lowest BCUT2D eigenvalue weighted by molar-refractivity contribution is 0.102. The van der Waals surface area contributed by atoms with Crippen LogP contribution >= 0.6 is 0 Å². The van der Waals surface area contributed by atoms with Crippen LogP contribution < -0.4 is 5.32 Å². The molecule has 0 atom stereocenters. The maximum atomic E-state index is 12.5. The molecule has 0 aliphatic rings. The molecule has 1 amide bonds. The molecule has 1 heterocycles.